The molecule has 4 nitrogen and oxygen atoms in total. The van der Waals surface area contributed by atoms with E-state index < -0.39 is 5.91 Å². The maximum atomic E-state index is 12.6. The minimum absolute atomic E-state index is 0.331. The van der Waals surface area contributed by atoms with Crippen LogP contribution in [0.25, 0.3) is 21.9 Å². The zero-order chi connectivity index (χ0) is 19.1. The molecule has 4 rings (SSSR count). The molecule has 0 spiro atoms. The molecule has 0 radical (unpaired) electrons. The van der Waals surface area contributed by atoms with Gasteiger partial charge in [-0.05, 0) is 41.0 Å². The predicted molar refractivity (Wildman–Crippen MR) is 106 cm³/mol. The van der Waals surface area contributed by atoms with Crippen molar-refractivity contribution in [3.8, 4) is 16.9 Å². The third kappa shape index (κ3) is 2.60. The van der Waals surface area contributed by atoms with Gasteiger partial charge in [-0.25, -0.2) is 0 Å². The summed E-state index contributed by atoms with van der Waals surface area (Å²) in [6, 6.07) is 14.3. The van der Waals surface area contributed by atoms with Crippen molar-refractivity contribution < 1.29 is 14.3 Å². The number of rotatable bonds is 4. The summed E-state index contributed by atoms with van der Waals surface area (Å²) < 4.78 is 5.60. The largest absolute Gasteiger partial charge is 0.495 e. The van der Waals surface area contributed by atoms with Crippen molar-refractivity contribution >= 4 is 22.6 Å². The second kappa shape index (κ2) is 6.54. The maximum absolute atomic E-state index is 12.6. The second-order valence-electron chi connectivity index (χ2n) is 6.73. The van der Waals surface area contributed by atoms with E-state index >= 15 is 0 Å². The minimum atomic E-state index is -0.401. The van der Waals surface area contributed by atoms with E-state index in [1.165, 1.54) is 5.56 Å². The van der Waals surface area contributed by atoms with Crippen LogP contribution in [0.3, 0.4) is 0 Å². The molecule has 0 saturated carbocycles. The van der Waals surface area contributed by atoms with Gasteiger partial charge in [-0.2, -0.15) is 0 Å². The van der Waals surface area contributed by atoms with Gasteiger partial charge in [0.1, 0.15) is 5.75 Å². The predicted octanol–water partition coefficient (Wildman–Crippen LogP) is 4.52. The van der Waals surface area contributed by atoms with Crippen LogP contribution in [0, 0.1) is 0 Å². The van der Waals surface area contributed by atoms with Crippen LogP contribution in [-0.2, 0) is 12.8 Å². The fraction of sp³-hybridized carbons (Fsp3) is 0.217. The first-order valence-electron chi connectivity index (χ1n) is 9.20. The first-order chi connectivity index (χ1) is 13.1. The standard InChI is InChI=1S/C23H21NO3/c1-4-13-6-9-15(10-7-13)18-16-11-8-14(5-2)12-17(16)21(27-3)20-19(18)22(25)24-23(20)26/h6-12H,4-5H2,1-3H3,(H,24,25,26). The number of fused-ring (bicyclic) bond motifs is 2. The van der Waals surface area contributed by atoms with E-state index in [0.29, 0.717) is 16.9 Å². The van der Waals surface area contributed by atoms with Crippen molar-refractivity contribution in [3.05, 3.63) is 64.7 Å². The molecule has 0 atom stereocenters. The molecule has 1 aliphatic heterocycles. The molecule has 136 valence electrons. The molecule has 2 amide bonds. The minimum Gasteiger partial charge on any atom is -0.495 e. The molecular weight excluding hydrogens is 338 g/mol. The van der Waals surface area contributed by atoms with Crippen molar-refractivity contribution in [3.63, 3.8) is 0 Å². The monoisotopic (exact) mass is 359 g/mol. The summed E-state index contributed by atoms with van der Waals surface area (Å²) in [6.45, 7) is 4.19. The fourth-order valence-corrected chi connectivity index (χ4v) is 3.82. The van der Waals surface area contributed by atoms with E-state index in [1.54, 1.807) is 7.11 Å². The van der Waals surface area contributed by atoms with Crippen LogP contribution in [0.4, 0.5) is 0 Å². The van der Waals surface area contributed by atoms with Gasteiger partial charge in [0.05, 0.1) is 18.2 Å². The Morgan fingerprint density at radius 2 is 1.41 bits per heavy atom. The Balaban J connectivity index is 2.15. The van der Waals surface area contributed by atoms with Gasteiger partial charge in [-0.15, -0.1) is 0 Å². The number of methoxy groups -OCH3 is 1. The zero-order valence-corrected chi connectivity index (χ0v) is 15.7. The molecule has 0 saturated heterocycles. The Morgan fingerprint density at radius 1 is 0.778 bits per heavy atom. The Morgan fingerprint density at radius 3 is 2.04 bits per heavy atom. The van der Waals surface area contributed by atoms with Gasteiger partial charge in [0.2, 0.25) is 0 Å². The molecule has 1 aliphatic rings. The normalized spacial score (nSPS) is 13.0. The van der Waals surface area contributed by atoms with Gasteiger partial charge >= 0.3 is 0 Å². The highest BCUT2D eigenvalue weighted by molar-refractivity contribution is 6.29. The summed E-state index contributed by atoms with van der Waals surface area (Å²) in [7, 11) is 1.54. The Bertz CT molecular complexity index is 1080. The number of carbonyl (C=O) groups is 2. The summed E-state index contributed by atoms with van der Waals surface area (Å²) in [4.78, 5) is 25.2. The topological polar surface area (TPSA) is 55.4 Å². The smallest absolute Gasteiger partial charge is 0.262 e. The molecule has 27 heavy (non-hydrogen) atoms. The average molecular weight is 359 g/mol. The van der Waals surface area contributed by atoms with Gasteiger partial charge in [-0.3, -0.25) is 14.9 Å². The summed E-state index contributed by atoms with van der Waals surface area (Å²) >= 11 is 0. The van der Waals surface area contributed by atoms with Gasteiger partial charge in [0.15, 0.2) is 0 Å². The van der Waals surface area contributed by atoms with Crippen molar-refractivity contribution in [2.75, 3.05) is 7.11 Å². The molecule has 0 fully saturated rings. The number of benzene rings is 3. The number of ether oxygens (including phenoxy) is 1. The van der Waals surface area contributed by atoms with Crippen molar-refractivity contribution in [2.24, 2.45) is 0 Å². The molecule has 3 aromatic carbocycles. The lowest BCUT2D eigenvalue weighted by atomic mass is 9.88. The summed E-state index contributed by atoms with van der Waals surface area (Å²) in [6.07, 6.45) is 1.82. The molecular formula is C23H21NO3. The van der Waals surface area contributed by atoms with E-state index in [-0.39, 0.29) is 5.91 Å². The lowest BCUT2D eigenvalue weighted by Crippen LogP contribution is -2.20. The van der Waals surface area contributed by atoms with Gasteiger partial charge in [0.25, 0.3) is 11.8 Å². The number of amides is 2. The highest BCUT2D eigenvalue weighted by Crippen LogP contribution is 2.43. The lowest BCUT2D eigenvalue weighted by molar-refractivity contribution is 0.0879. The van der Waals surface area contributed by atoms with Gasteiger partial charge in [-0.1, -0.05) is 50.2 Å². The zero-order valence-electron chi connectivity index (χ0n) is 15.7. The van der Waals surface area contributed by atoms with Crippen LogP contribution in [0.1, 0.15) is 45.7 Å². The average Bonchev–Trinajstić information content (AvgIpc) is 2.99. The lowest BCUT2D eigenvalue weighted by Gasteiger charge is -2.16. The molecule has 3 aromatic rings. The Hall–Kier alpha value is -3.14. The van der Waals surface area contributed by atoms with E-state index in [2.05, 4.69) is 43.4 Å². The quantitative estimate of drug-likeness (QED) is 0.697. The first kappa shape index (κ1) is 17.3. The van der Waals surface area contributed by atoms with Gasteiger partial charge < -0.3 is 4.74 Å². The van der Waals surface area contributed by atoms with Crippen LogP contribution in [-0.4, -0.2) is 18.9 Å². The summed E-state index contributed by atoms with van der Waals surface area (Å²) in [5.74, 6) is -0.306. The molecule has 0 unspecified atom stereocenters. The number of hydrogen-bond donors (Lipinski definition) is 1. The van der Waals surface area contributed by atoms with Crippen LogP contribution in [0.2, 0.25) is 0 Å². The Labute approximate surface area is 158 Å². The van der Waals surface area contributed by atoms with E-state index in [9.17, 15) is 9.59 Å². The van der Waals surface area contributed by atoms with Crippen LogP contribution >= 0.6 is 0 Å². The number of nitrogens with one attached hydrogen (secondary N) is 1. The van der Waals surface area contributed by atoms with E-state index in [0.717, 1.165) is 40.3 Å². The Kier molecular flexibility index (Phi) is 4.19. The van der Waals surface area contributed by atoms with Crippen LogP contribution in [0.5, 0.6) is 5.75 Å². The SMILES string of the molecule is CCc1ccc(-c2c3c(c(OC)c4cc(CC)ccc24)C(=O)NC3=O)cc1. The molecule has 1 N–H and O–H groups in total. The number of aryl methyl sites for hydroxylation is 2. The molecule has 1 heterocycles. The highest BCUT2D eigenvalue weighted by atomic mass is 16.5. The third-order valence-electron chi connectivity index (χ3n) is 5.27. The van der Waals surface area contributed by atoms with Crippen LogP contribution in [0.15, 0.2) is 42.5 Å². The van der Waals surface area contributed by atoms with Crippen molar-refractivity contribution in [1.29, 1.82) is 0 Å². The first-order valence-corrected chi connectivity index (χ1v) is 9.20. The molecule has 4 heteroatoms. The maximum Gasteiger partial charge on any atom is 0.262 e. The van der Waals surface area contributed by atoms with Crippen LogP contribution < -0.4 is 10.1 Å². The van der Waals surface area contributed by atoms with Gasteiger partial charge in [0, 0.05) is 10.9 Å². The highest BCUT2D eigenvalue weighted by Gasteiger charge is 2.35. The summed E-state index contributed by atoms with van der Waals surface area (Å²) in [5.41, 5.74) is 4.81. The number of carbonyl (C=O) groups excluding carboxylic acids is 2. The number of imide groups is 1. The molecule has 0 aliphatic carbocycles. The third-order valence-corrected chi connectivity index (χ3v) is 5.27. The second-order valence-corrected chi connectivity index (χ2v) is 6.73. The molecule has 0 bridgehead atoms. The summed E-state index contributed by atoms with van der Waals surface area (Å²) in [5, 5.41) is 4.21. The van der Waals surface area contributed by atoms with E-state index in [1.807, 2.05) is 18.2 Å². The number of hydrogen-bond acceptors (Lipinski definition) is 3. The van der Waals surface area contributed by atoms with E-state index in [4.69, 9.17) is 4.74 Å². The fourth-order valence-electron chi connectivity index (χ4n) is 3.82. The van der Waals surface area contributed by atoms with Crippen molar-refractivity contribution in [1.82, 2.24) is 5.32 Å². The van der Waals surface area contributed by atoms with Crippen molar-refractivity contribution in [2.45, 2.75) is 26.7 Å². The molecule has 0 aromatic heterocycles.